The van der Waals surface area contributed by atoms with Gasteiger partial charge in [0.2, 0.25) is 0 Å². The Balaban J connectivity index is 2.03. The van der Waals surface area contributed by atoms with Crippen LogP contribution in [0.4, 0.5) is 4.39 Å². The van der Waals surface area contributed by atoms with Crippen molar-refractivity contribution in [1.29, 1.82) is 0 Å². The van der Waals surface area contributed by atoms with Crippen molar-refractivity contribution >= 4 is 0 Å². The molecule has 0 saturated heterocycles. The highest BCUT2D eigenvalue weighted by Crippen LogP contribution is 2.18. The van der Waals surface area contributed by atoms with Crippen LogP contribution < -0.4 is 16.0 Å². The third-order valence-corrected chi connectivity index (χ3v) is 2.75. The number of benzene rings is 1. The van der Waals surface area contributed by atoms with E-state index in [1.807, 2.05) is 0 Å². The minimum Gasteiger partial charge on any atom is -0.489 e. The molecule has 0 spiro atoms. The lowest BCUT2D eigenvalue weighted by atomic mass is 10.2. The molecule has 0 aliphatic carbocycles. The van der Waals surface area contributed by atoms with E-state index in [2.05, 4.69) is 11.8 Å². The number of ether oxygens (including phenoxy) is 1. The summed E-state index contributed by atoms with van der Waals surface area (Å²) in [6.45, 7) is 0.775. The summed E-state index contributed by atoms with van der Waals surface area (Å²) in [5.41, 5.74) is 5.80. The first-order valence-corrected chi connectivity index (χ1v) is 6.47. The van der Waals surface area contributed by atoms with E-state index < -0.39 is 5.82 Å². The van der Waals surface area contributed by atoms with E-state index in [0.29, 0.717) is 12.1 Å². The van der Waals surface area contributed by atoms with Crippen LogP contribution in [0.3, 0.4) is 0 Å². The number of nitrogens with zero attached hydrogens (tertiary/aromatic N) is 1. The van der Waals surface area contributed by atoms with Gasteiger partial charge in [-0.3, -0.25) is 4.79 Å². The summed E-state index contributed by atoms with van der Waals surface area (Å²) in [5, 5.41) is 0. The summed E-state index contributed by atoms with van der Waals surface area (Å²) in [6.07, 6.45) is 1.66. The van der Waals surface area contributed by atoms with Gasteiger partial charge in [0.05, 0.1) is 13.1 Å². The monoisotopic (exact) mass is 286 g/mol. The molecule has 1 aromatic carbocycles. The third-order valence-electron chi connectivity index (χ3n) is 2.75. The molecule has 0 unspecified atom stereocenters. The van der Waals surface area contributed by atoms with E-state index in [4.69, 9.17) is 10.5 Å². The first-order chi connectivity index (χ1) is 10.2. The van der Waals surface area contributed by atoms with Crippen molar-refractivity contribution in [2.24, 2.45) is 5.73 Å². The summed E-state index contributed by atoms with van der Waals surface area (Å²) in [6, 6.07) is 9.26. The van der Waals surface area contributed by atoms with Crippen molar-refractivity contribution < 1.29 is 9.13 Å². The van der Waals surface area contributed by atoms with Crippen LogP contribution in [-0.2, 0) is 6.54 Å². The lowest BCUT2D eigenvalue weighted by molar-refractivity contribution is 0.282. The number of nitrogens with two attached hydrogens (primary N) is 1. The summed E-state index contributed by atoms with van der Waals surface area (Å²) in [7, 11) is 0. The fourth-order valence-electron chi connectivity index (χ4n) is 1.74. The maximum atomic E-state index is 13.6. The van der Waals surface area contributed by atoms with E-state index in [1.54, 1.807) is 24.4 Å². The molecule has 2 rings (SSSR count). The number of hydrogen-bond acceptors (Lipinski definition) is 3. The number of halogens is 1. The Morgan fingerprint density at radius 1 is 1.29 bits per heavy atom. The Morgan fingerprint density at radius 2 is 2.14 bits per heavy atom. The molecule has 108 valence electrons. The maximum Gasteiger partial charge on any atom is 0.250 e. The first kappa shape index (κ1) is 14.8. The van der Waals surface area contributed by atoms with Gasteiger partial charge < -0.3 is 15.0 Å². The Labute approximate surface area is 122 Å². The van der Waals surface area contributed by atoms with Crippen LogP contribution in [0.5, 0.6) is 5.75 Å². The predicted molar refractivity (Wildman–Crippen MR) is 78.5 cm³/mol. The zero-order valence-electron chi connectivity index (χ0n) is 11.4. The molecule has 0 aliphatic heterocycles. The van der Waals surface area contributed by atoms with Crippen molar-refractivity contribution in [1.82, 2.24) is 4.57 Å². The van der Waals surface area contributed by atoms with Gasteiger partial charge in [0.1, 0.15) is 6.61 Å². The fraction of sp³-hybridized carbons (Fsp3) is 0.188. The quantitative estimate of drug-likeness (QED) is 0.864. The van der Waals surface area contributed by atoms with E-state index in [0.717, 1.165) is 0 Å². The highest BCUT2D eigenvalue weighted by molar-refractivity contribution is 5.40. The zero-order valence-corrected chi connectivity index (χ0v) is 11.4. The van der Waals surface area contributed by atoms with Crippen LogP contribution in [0.2, 0.25) is 0 Å². The molecular formula is C16H15FN2O2. The molecule has 0 bridgehead atoms. The largest absolute Gasteiger partial charge is 0.489 e. The second-order valence-corrected chi connectivity index (χ2v) is 4.23. The van der Waals surface area contributed by atoms with Crippen LogP contribution in [0, 0.1) is 17.7 Å². The highest BCUT2D eigenvalue weighted by Gasteiger charge is 2.04. The Kier molecular flexibility index (Phi) is 5.13. The van der Waals surface area contributed by atoms with E-state index in [-0.39, 0.29) is 24.5 Å². The Morgan fingerprint density at radius 3 is 2.90 bits per heavy atom. The Bertz CT molecular complexity index is 729. The smallest absolute Gasteiger partial charge is 0.250 e. The van der Waals surface area contributed by atoms with Gasteiger partial charge in [0, 0.05) is 17.8 Å². The molecule has 21 heavy (non-hydrogen) atoms. The van der Waals surface area contributed by atoms with Gasteiger partial charge in [-0.1, -0.05) is 17.9 Å². The van der Waals surface area contributed by atoms with Crippen LogP contribution in [0.25, 0.3) is 0 Å². The summed E-state index contributed by atoms with van der Waals surface area (Å²) < 4.78 is 20.5. The number of rotatable bonds is 4. The lowest BCUT2D eigenvalue weighted by Gasteiger charge is -2.09. The second kappa shape index (κ2) is 7.27. The molecule has 0 atom stereocenters. The van der Waals surface area contributed by atoms with Gasteiger partial charge in [0.25, 0.3) is 5.56 Å². The molecule has 4 nitrogen and oxygen atoms in total. The number of hydrogen-bond donors (Lipinski definition) is 1. The topological polar surface area (TPSA) is 57.2 Å². The number of pyridine rings is 1. The van der Waals surface area contributed by atoms with Gasteiger partial charge in [0.15, 0.2) is 11.6 Å². The van der Waals surface area contributed by atoms with Gasteiger partial charge >= 0.3 is 0 Å². The summed E-state index contributed by atoms with van der Waals surface area (Å²) in [5.74, 6) is 5.16. The maximum absolute atomic E-state index is 13.6. The van der Waals surface area contributed by atoms with E-state index >= 15 is 0 Å². The molecule has 0 aliphatic rings. The van der Waals surface area contributed by atoms with Gasteiger partial charge in [-0.2, -0.15) is 0 Å². The fourth-order valence-corrected chi connectivity index (χ4v) is 1.74. The van der Waals surface area contributed by atoms with Gasteiger partial charge in [-0.15, -0.1) is 0 Å². The van der Waals surface area contributed by atoms with E-state index in [1.165, 1.54) is 22.8 Å². The minimum atomic E-state index is -0.464. The molecule has 2 N–H and O–H groups in total. The molecule has 0 radical (unpaired) electrons. The molecule has 5 heteroatoms. The second-order valence-electron chi connectivity index (χ2n) is 4.23. The normalized spacial score (nSPS) is 9.81. The highest BCUT2D eigenvalue weighted by atomic mass is 19.1. The average molecular weight is 286 g/mol. The van der Waals surface area contributed by atoms with Crippen molar-refractivity contribution in [3.8, 4) is 17.6 Å². The van der Waals surface area contributed by atoms with Gasteiger partial charge in [-0.25, -0.2) is 4.39 Å². The molecule has 0 saturated carbocycles. The number of aromatic nitrogens is 1. The summed E-state index contributed by atoms with van der Waals surface area (Å²) >= 11 is 0. The molecule has 2 aromatic rings. The molecule has 0 amide bonds. The zero-order chi connectivity index (χ0) is 15.1. The van der Waals surface area contributed by atoms with Crippen molar-refractivity contribution in [3.05, 3.63) is 64.3 Å². The molecule has 1 heterocycles. The molecule has 1 aromatic heterocycles. The molecule has 0 fully saturated rings. The first-order valence-electron chi connectivity index (χ1n) is 6.47. The summed E-state index contributed by atoms with van der Waals surface area (Å²) in [4.78, 5) is 11.5. The molecular weight excluding hydrogens is 271 g/mol. The predicted octanol–water partition coefficient (Wildman–Crippen LogP) is 1.38. The Hall–Kier alpha value is -2.58. The van der Waals surface area contributed by atoms with Crippen LogP contribution >= 0.6 is 0 Å². The standard InChI is InChI=1S/C16H15FN2O2/c17-14-7-6-13(4-3-8-18)12-15(14)21-11-10-19-9-2-1-5-16(19)20/h1-2,5-7,9,12H,8,10-11,18H2. The average Bonchev–Trinajstić information content (AvgIpc) is 2.49. The van der Waals surface area contributed by atoms with Crippen molar-refractivity contribution in [2.75, 3.05) is 13.2 Å². The van der Waals surface area contributed by atoms with Gasteiger partial charge in [-0.05, 0) is 24.3 Å². The van der Waals surface area contributed by atoms with Crippen LogP contribution in [-0.4, -0.2) is 17.7 Å². The lowest BCUT2D eigenvalue weighted by Crippen LogP contribution is -2.21. The van der Waals surface area contributed by atoms with Crippen molar-refractivity contribution in [3.63, 3.8) is 0 Å². The van der Waals surface area contributed by atoms with E-state index in [9.17, 15) is 9.18 Å². The van der Waals surface area contributed by atoms with Crippen LogP contribution in [0.1, 0.15) is 5.56 Å². The van der Waals surface area contributed by atoms with Crippen molar-refractivity contribution in [2.45, 2.75) is 6.54 Å². The SMILES string of the molecule is NCC#Cc1ccc(F)c(OCCn2ccccc2=O)c1. The minimum absolute atomic E-state index is 0.114. The van der Waals surface area contributed by atoms with Crippen LogP contribution in [0.15, 0.2) is 47.4 Å². The third kappa shape index (κ3) is 4.20.